The number of hydrogen-bond acceptors (Lipinski definition) is 6. The minimum Gasteiger partial charge on any atom is -0.387 e. The van der Waals surface area contributed by atoms with E-state index < -0.39 is 30.7 Å². The van der Waals surface area contributed by atoms with E-state index in [2.05, 4.69) is 0 Å². The Morgan fingerprint density at radius 1 is 0.808 bits per heavy atom. The molecule has 6 heteroatoms. The van der Waals surface area contributed by atoms with Crippen LogP contribution >= 0.6 is 0 Å². The summed E-state index contributed by atoms with van der Waals surface area (Å²) in [7, 11) is 0. The summed E-state index contributed by atoms with van der Waals surface area (Å²) in [5.41, 5.74) is 1.98. The van der Waals surface area contributed by atoms with E-state index in [-0.39, 0.29) is 6.61 Å². The summed E-state index contributed by atoms with van der Waals surface area (Å²) >= 11 is 0. The van der Waals surface area contributed by atoms with Crippen LogP contribution in [0.15, 0.2) is 60.7 Å². The monoisotopic (exact) mass is 360 g/mol. The number of rotatable bonds is 8. The maximum Gasteiger partial charge on any atom is 0.184 e. The summed E-state index contributed by atoms with van der Waals surface area (Å²) in [6.07, 6.45) is -5.56. The largest absolute Gasteiger partial charge is 0.387 e. The smallest absolute Gasteiger partial charge is 0.184 e. The molecule has 1 saturated heterocycles. The fraction of sp³-hybridized carbons (Fsp3) is 0.400. The van der Waals surface area contributed by atoms with Crippen molar-refractivity contribution >= 4 is 0 Å². The van der Waals surface area contributed by atoms with Crippen molar-refractivity contribution in [2.75, 3.05) is 6.61 Å². The molecule has 3 rings (SSSR count). The molecule has 3 N–H and O–H groups in total. The first-order chi connectivity index (χ1) is 12.6. The molecule has 0 saturated carbocycles. The molecule has 0 aromatic heterocycles. The average molecular weight is 360 g/mol. The fourth-order valence-corrected chi connectivity index (χ4v) is 2.88. The number of benzene rings is 2. The van der Waals surface area contributed by atoms with Crippen molar-refractivity contribution in [1.29, 1.82) is 0 Å². The fourth-order valence-electron chi connectivity index (χ4n) is 2.88. The van der Waals surface area contributed by atoms with Crippen LogP contribution in [0.4, 0.5) is 0 Å². The van der Waals surface area contributed by atoms with Crippen molar-refractivity contribution in [1.82, 2.24) is 0 Å². The quantitative estimate of drug-likeness (QED) is 0.656. The first-order valence-corrected chi connectivity index (χ1v) is 8.62. The highest BCUT2D eigenvalue weighted by Crippen LogP contribution is 2.25. The van der Waals surface area contributed by atoms with Crippen molar-refractivity contribution in [2.45, 2.75) is 43.9 Å². The van der Waals surface area contributed by atoms with Gasteiger partial charge in [-0.15, -0.1) is 0 Å². The van der Waals surface area contributed by atoms with Crippen LogP contribution in [0, 0.1) is 0 Å². The van der Waals surface area contributed by atoms with Gasteiger partial charge in [0.05, 0.1) is 19.8 Å². The third-order valence-electron chi connectivity index (χ3n) is 4.34. The van der Waals surface area contributed by atoms with Crippen molar-refractivity contribution < 1.29 is 29.5 Å². The van der Waals surface area contributed by atoms with E-state index in [4.69, 9.17) is 14.2 Å². The molecule has 1 fully saturated rings. The molecule has 1 heterocycles. The van der Waals surface area contributed by atoms with E-state index in [0.717, 1.165) is 11.1 Å². The molecule has 0 aliphatic carbocycles. The van der Waals surface area contributed by atoms with Crippen molar-refractivity contribution in [2.24, 2.45) is 0 Å². The molecule has 0 bridgehead atoms. The van der Waals surface area contributed by atoms with E-state index in [0.29, 0.717) is 13.2 Å². The SMILES string of the molecule is O[C@@H]1[C@@H](O)[C@@H](O)O[C@@H]1[C@@H](COCc1ccccc1)OCc1ccccc1. The molecule has 26 heavy (non-hydrogen) atoms. The van der Waals surface area contributed by atoms with Crippen LogP contribution in [-0.4, -0.2) is 52.6 Å². The van der Waals surface area contributed by atoms with Gasteiger partial charge in [0.2, 0.25) is 0 Å². The Morgan fingerprint density at radius 2 is 1.38 bits per heavy atom. The Morgan fingerprint density at radius 3 is 1.92 bits per heavy atom. The first-order valence-electron chi connectivity index (χ1n) is 8.62. The second kappa shape index (κ2) is 9.23. The molecule has 0 spiro atoms. The lowest BCUT2D eigenvalue weighted by Gasteiger charge is -2.25. The predicted molar refractivity (Wildman–Crippen MR) is 94.0 cm³/mol. The van der Waals surface area contributed by atoms with Gasteiger partial charge >= 0.3 is 0 Å². The highest BCUT2D eigenvalue weighted by atomic mass is 16.7. The van der Waals surface area contributed by atoms with Crippen LogP contribution in [0.2, 0.25) is 0 Å². The van der Waals surface area contributed by atoms with E-state index in [9.17, 15) is 15.3 Å². The topological polar surface area (TPSA) is 88.4 Å². The Labute approximate surface area is 152 Å². The summed E-state index contributed by atoms with van der Waals surface area (Å²) in [4.78, 5) is 0. The van der Waals surface area contributed by atoms with Gasteiger partial charge < -0.3 is 29.5 Å². The Balaban J connectivity index is 1.61. The van der Waals surface area contributed by atoms with Crippen molar-refractivity contribution in [3.05, 3.63) is 71.8 Å². The molecule has 6 nitrogen and oxygen atoms in total. The zero-order valence-electron chi connectivity index (χ0n) is 14.3. The van der Waals surface area contributed by atoms with Gasteiger partial charge in [-0.25, -0.2) is 0 Å². The van der Waals surface area contributed by atoms with Gasteiger partial charge in [-0.3, -0.25) is 0 Å². The lowest BCUT2D eigenvalue weighted by atomic mass is 10.1. The van der Waals surface area contributed by atoms with Crippen LogP contribution in [0.1, 0.15) is 11.1 Å². The van der Waals surface area contributed by atoms with Crippen LogP contribution in [0.25, 0.3) is 0 Å². The molecule has 5 atom stereocenters. The number of ether oxygens (including phenoxy) is 3. The minimum absolute atomic E-state index is 0.156. The maximum atomic E-state index is 10.1. The van der Waals surface area contributed by atoms with Gasteiger partial charge in [0, 0.05) is 0 Å². The van der Waals surface area contributed by atoms with E-state index in [1.807, 2.05) is 60.7 Å². The maximum absolute atomic E-state index is 10.1. The Hall–Kier alpha value is -1.80. The lowest BCUT2D eigenvalue weighted by Crippen LogP contribution is -2.42. The lowest BCUT2D eigenvalue weighted by molar-refractivity contribution is -0.168. The standard InChI is InChI=1S/C20H24O6/c21-17-18(22)20(23)26-19(17)16(25-12-15-9-5-2-6-10-15)13-24-11-14-7-3-1-4-8-14/h1-10,16-23H,11-13H2/t16-,17-,18-,19-,20+/m1/s1. The average Bonchev–Trinajstić information content (AvgIpc) is 2.93. The second-order valence-corrected chi connectivity index (χ2v) is 6.31. The molecule has 1 aliphatic rings. The second-order valence-electron chi connectivity index (χ2n) is 6.31. The molecule has 0 unspecified atom stereocenters. The Bertz CT molecular complexity index is 650. The summed E-state index contributed by atoms with van der Waals surface area (Å²) in [6.45, 7) is 0.849. The summed E-state index contributed by atoms with van der Waals surface area (Å²) in [6, 6.07) is 19.3. The van der Waals surface area contributed by atoms with Crippen molar-refractivity contribution in [3.63, 3.8) is 0 Å². The van der Waals surface area contributed by atoms with Crippen LogP contribution in [0.5, 0.6) is 0 Å². The van der Waals surface area contributed by atoms with Crippen LogP contribution in [-0.2, 0) is 27.4 Å². The van der Waals surface area contributed by atoms with Gasteiger partial charge in [-0.1, -0.05) is 60.7 Å². The van der Waals surface area contributed by atoms with Crippen LogP contribution in [0.3, 0.4) is 0 Å². The zero-order chi connectivity index (χ0) is 18.4. The third kappa shape index (κ3) is 4.88. The van der Waals surface area contributed by atoms with E-state index in [1.165, 1.54) is 0 Å². The molecule has 0 radical (unpaired) electrons. The summed E-state index contributed by atoms with van der Waals surface area (Å²) < 4.78 is 16.9. The van der Waals surface area contributed by atoms with Gasteiger partial charge in [-0.2, -0.15) is 0 Å². The molecule has 2 aromatic rings. The zero-order valence-corrected chi connectivity index (χ0v) is 14.3. The minimum atomic E-state index is -1.44. The normalized spacial score (nSPS) is 26.7. The molecule has 0 amide bonds. The third-order valence-corrected chi connectivity index (χ3v) is 4.34. The van der Waals surface area contributed by atoms with Gasteiger partial charge in [0.1, 0.15) is 24.4 Å². The highest BCUT2D eigenvalue weighted by Gasteiger charge is 2.46. The predicted octanol–water partition coefficient (Wildman–Crippen LogP) is 1.23. The van der Waals surface area contributed by atoms with Crippen LogP contribution < -0.4 is 0 Å². The molecule has 2 aromatic carbocycles. The van der Waals surface area contributed by atoms with Gasteiger partial charge in [0.25, 0.3) is 0 Å². The summed E-state index contributed by atoms with van der Waals surface area (Å²) in [5.74, 6) is 0. The first kappa shape index (κ1) is 19.0. The van der Waals surface area contributed by atoms with Crippen molar-refractivity contribution in [3.8, 4) is 0 Å². The Kier molecular flexibility index (Phi) is 6.73. The van der Waals surface area contributed by atoms with E-state index in [1.54, 1.807) is 0 Å². The van der Waals surface area contributed by atoms with E-state index >= 15 is 0 Å². The molecular weight excluding hydrogens is 336 g/mol. The highest BCUT2D eigenvalue weighted by molar-refractivity contribution is 5.14. The molecule has 140 valence electrons. The number of hydrogen-bond donors (Lipinski definition) is 3. The van der Waals surface area contributed by atoms with Gasteiger partial charge in [0.15, 0.2) is 6.29 Å². The number of aliphatic hydroxyl groups is 3. The number of aliphatic hydroxyl groups excluding tert-OH is 3. The summed E-state index contributed by atoms with van der Waals surface area (Å²) in [5, 5.41) is 29.5. The molecule has 1 aliphatic heterocycles. The van der Waals surface area contributed by atoms with Gasteiger partial charge in [-0.05, 0) is 11.1 Å². The molecular formula is C20H24O6.